The molecule has 1 aromatic rings. The molecule has 0 aliphatic heterocycles. The summed E-state index contributed by atoms with van der Waals surface area (Å²) in [6, 6.07) is 4.63. The molecule has 1 aliphatic rings. The Labute approximate surface area is 120 Å². The van der Waals surface area contributed by atoms with Gasteiger partial charge in [-0.3, -0.25) is 0 Å². The molecule has 20 heavy (non-hydrogen) atoms. The highest BCUT2D eigenvalue weighted by Gasteiger charge is 2.22. The van der Waals surface area contributed by atoms with Gasteiger partial charge in [-0.25, -0.2) is 13.1 Å². The molecule has 0 radical (unpaired) electrons. The molecule has 0 spiro atoms. The van der Waals surface area contributed by atoms with Crippen molar-refractivity contribution in [3.05, 3.63) is 18.2 Å². The zero-order valence-corrected chi connectivity index (χ0v) is 12.6. The Bertz CT molecular complexity index is 552. The molecular weight excluding hydrogens is 276 g/mol. The molecule has 0 atom stereocenters. The number of hydrogen-bond donors (Lipinski definition) is 2. The Morgan fingerprint density at radius 1 is 1.30 bits per heavy atom. The first kappa shape index (κ1) is 15.1. The fourth-order valence-electron chi connectivity index (χ4n) is 2.60. The van der Waals surface area contributed by atoms with Gasteiger partial charge in [0.1, 0.15) is 10.6 Å². The van der Waals surface area contributed by atoms with Crippen LogP contribution in [0.4, 0.5) is 5.69 Å². The first-order chi connectivity index (χ1) is 9.53. The fraction of sp³-hybridized carbons (Fsp3) is 0.571. The lowest BCUT2D eigenvalue weighted by atomic mass is 9.90. The Kier molecular flexibility index (Phi) is 4.88. The zero-order valence-electron chi connectivity index (χ0n) is 11.8. The predicted molar refractivity (Wildman–Crippen MR) is 79.2 cm³/mol. The number of anilines is 1. The molecule has 2 rings (SSSR count). The van der Waals surface area contributed by atoms with Crippen LogP contribution in [0.5, 0.6) is 5.75 Å². The van der Waals surface area contributed by atoms with Gasteiger partial charge in [-0.1, -0.05) is 19.3 Å². The van der Waals surface area contributed by atoms with Crippen molar-refractivity contribution in [1.82, 2.24) is 4.72 Å². The largest absolute Gasteiger partial charge is 0.495 e. The smallest absolute Gasteiger partial charge is 0.244 e. The second kappa shape index (κ2) is 6.45. The van der Waals surface area contributed by atoms with Crippen molar-refractivity contribution in [2.24, 2.45) is 5.92 Å². The highest BCUT2D eigenvalue weighted by atomic mass is 32.2. The quantitative estimate of drug-likeness (QED) is 0.816. The van der Waals surface area contributed by atoms with E-state index in [2.05, 4.69) is 4.72 Å². The van der Waals surface area contributed by atoms with Crippen LogP contribution in [-0.2, 0) is 10.0 Å². The van der Waals surface area contributed by atoms with Gasteiger partial charge in [-0.2, -0.15) is 0 Å². The van der Waals surface area contributed by atoms with Gasteiger partial charge in [0.2, 0.25) is 10.0 Å². The van der Waals surface area contributed by atoms with E-state index >= 15 is 0 Å². The Hall–Kier alpha value is -1.27. The molecule has 0 aromatic heterocycles. The van der Waals surface area contributed by atoms with Gasteiger partial charge in [-0.05, 0) is 37.0 Å². The van der Waals surface area contributed by atoms with Crippen molar-refractivity contribution in [1.29, 1.82) is 0 Å². The molecule has 1 fully saturated rings. The molecule has 1 aromatic carbocycles. The predicted octanol–water partition coefficient (Wildman–Crippen LogP) is 2.14. The lowest BCUT2D eigenvalue weighted by Crippen LogP contribution is -2.30. The van der Waals surface area contributed by atoms with Gasteiger partial charge in [0.25, 0.3) is 0 Å². The topological polar surface area (TPSA) is 81.4 Å². The molecule has 0 bridgehead atoms. The van der Waals surface area contributed by atoms with Crippen LogP contribution < -0.4 is 15.2 Å². The van der Waals surface area contributed by atoms with Gasteiger partial charge >= 0.3 is 0 Å². The van der Waals surface area contributed by atoms with Gasteiger partial charge in [-0.15, -0.1) is 0 Å². The number of ether oxygens (including phenoxy) is 1. The average molecular weight is 298 g/mol. The zero-order chi connectivity index (χ0) is 14.6. The van der Waals surface area contributed by atoms with Crippen LogP contribution in [0.3, 0.4) is 0 Å². The first-order valence-corrected chi connectivity index (χ1v) is 8.44. The summed E-state index contributed by atoms with van der Waals surface area (Å²) in [7, 11) is -2.13. The van der Waals surface area contributed by atoms with Gasteiger partial charge in [0.15, 0.2) is 0 Å². The molecule has 112 valence electrons. The van der Waals surface area contributed by atoms with E-state index in [1.165, 1.54) is 32.4 Å². The Balaban J connectivity index is 2.11. The van der Waals surface area contributed by atoms with Crippen LogP contribution in [0.25, 0.3) is 0 Å². The van der Waals surface area contributed by atoms with Gasteiger partial charge in [0.05, 0.1) is 7.11 Å². The van der Waals surface area contributed by atoms with Crippen molar-refractivity contribution in [3.63, 3.8) is 0 Å². The normalized spacial score (nSPS) is 17.1. The van der Waals surface area contributed by atoms with E-state index in [0.717, 1.165) is 12.8 Å². The highest BCUT2D eigenvalue weighted by Crippen LogP contribution is 2.27. The molecule has 3 N–H and O–H groups in total. The molecule has 0 saturated heterocycles. The van der Waals surface area contributed by atoms with E-state index in [1.54, 1.807) is 12.1 Å². The number of methoxy groups -OCH3 is 1. The van der Waals surface area contributed by atoms with Crippen LogP contribution in [0.1, 0.15) is 32.1 Å². The lowest BCUT2D eigenvalue weighted by Gasteiger charge is -2.22. The summed E-state index contributed by atoms with van der Waals surface area (Å²) in [6.45, 7) is 0.486. The summed E-state index contributed by atoms with van der Waals surface area (Å²) in [5.74, 6) is 0.751. The minimum absolute atomic E-state index is 0.107. The van der Waals surface area contributed by atoms with E-state index < -0.39 is 10.0 Å². The SMILES string of the molecule is COc1ccc(N)cc1S(=O)(=O)NCC1CCCCC1. The summed E-state index contributed by atoms with van der Waals surface area (Å²) in [5.41, 5.74) is 6.08. The van der Waals surface area contributed by atoms with Crippen LogP contribution in [0, 0.1) is 5.92 Å². The van der Waals surface area contributed by atoms with Gasteiger partial charge < -0.3 is 10.5 Å². The monoisotopic (exact) mass is 298 g/mol. The fourth-order valence-corrected chi connectivity index (χ4v) is 3.92. The van der Waals surface area contributed by atoms with E-state index in [1.807, 2.05) is 0 Å². The van der Waals surface area contributed by atoms with E-state index in [0.29, 0.717) is 23.9 Å². The van der Waals surface area contributed by atoms with E-state index in [4.69, 9.17) is 10.5 Å². The molecule has 6 heteroatoms. The third-order valence-electron chi connectivity index (χ3n) is 3.76. The number of hydrogen-bond acceptors (Lipinski definition) is 4. The van der Waals surface area contributed by atoms with Crippen LogP contribution >= 0.6 is 0 Å². The van der Waals surface area contributed by atoms with Crippen molar-refractivity contribution < 1.29 is 13.2 Å². The maximum absolute atomic E-state index is 12.4. The van der Waals surface area contributed by atoms with Gasteiger partial charge in [0, 0.05) is 12.2 Å². The third-order valence-corrected chi connectivity index (χ3v) is 5.21. The molecule has 5 nitrogen and oxygen atoms in total. The van der Waals surface area contributed by atoms with Crippen molar-refractivity contribution in [2.75, 3.05) is 19.4 Å². The van der Waals surface area contributed by atoms with Crippen molar-refractivity contribution in [3.8, 4) is 5.75 Å². The average Bonchev–Trinajstić information content (AvgIpc) is 2.46. The molecule has 0 amide bonds. The summed E-state index contributed by atoms with van der Waals surface area (Å²) < 4.78 is 32.5. The van der Waals surface area contributed by atoms with E-state index in [-0.39, 0.29) is 4.90 Å². The molecule has 1 saturated carbocycles. The van der Waals surface area contributed by atoms with Crippen LogP contribution in [-0.4, -0.2) is 22.1 Å². The summed E-state index contributed by atoms with van der Waals surface area (Å²) in [4.78, 5) is 0.107. The molecule has 0 heterocycles. The van der Waals surface area contributed by atoms with E-state index in [9.17, 15) is 8.42 Å². The highest BCUT2D eigenvalue weighted by molar-refractivity contribution is 7.89. The molecular formula is C14H22N2O3S. The maximum Gasteiger partial charge on any atom is 0.244 e. The second-order valence-electron chi connectivity index (χ2n) is 5.27. The Morgan fingerprint density at radius 3 is 2.65 bits per heavy atom. The number of benzene rings is 1. The summed E-state index contributed by atoms with van der Waals surface area (Å²) in [6.07, 6.45) is 5.82. The second-order valence-corrected chi connectivity index (χ2v) is 7.00. The summed E-state index contributed by atoms with van der Waals surface area (Å²) in [5, 5.41) is 0. The number of nitrogens with one attached hydrogen (secondary N) is 1. The molecule has 1 aliphatic carbocycles. The standard InChI is InChI=1S/C14H22N2O3S/c1-19-13-8-7-12(15)9-14(13)20(17,18)16-10-11-5-3-2-4-6-11/h7-9,11,16H,2-6,10,15H2,1H3. The minimum Gasteiger partial charge on any atom is -0.495 e. The first-order valence-electron chi connectivity index (χ1n) is 6.96. The molecule has 0 unspecified atom stereocenters. The van der Waals surface area contributed by atoms with Crippen molar-refractivity contribution >= 4 is 15.7 Å². The Morgan fingerprint density at radius 2 is 2.00 bits per heavy atom. The van der Waals surface area contributed by atoms with Crippen LogP contribution in [0.2, 0.25) is 0 Å². The number of rotatable bonds is 5. The third kappa shape index (κ3) is 3.64. The van der Waals surface area contributed by atoms with Crippen LogP contribution in [0.15, 0.2) is 23.1 Å². The number of nitrogens with two attached hydrogens (primary N) is 1. The maximum atomic E-state index is 12.4. The lowest BCUT2D eigenvalue weighted by molar-refractivity contribution is 0.356. The van der Waals surface area contributed by atoms with Crippen molar-refractivity contribution in [2.45, 2.75) is 37.0 Å². The minimum atomic E-state index is -3.58. The summed E-state index contributed by atoms with van der Waals surface area (Å²) >= 11 is 0. The number of nitrogen functional groups attached to an aromatic ring is 1. The number of sulfonamides is 1.